The second kappa shape index (κ2) is 6.98. The molecule has 0 radical (unpaired) electrons. The van der Waals surface area contributed by atoms with Crippen molar-refractivity contribution in [2.75, 3.05) is 7.11 Å². The van der Waals surface area contributed by atoms with E-state index >= 15 is 0 Å². The first-order valence-electron chi connectivity index (χ1n) is 6.99. The molecule has 1 aromatic heterocycles. The van der Waals surface area contributed by atoms with Crippen LogP contribution in [0.2, 0.25) is 0 Å². The van der Waals surface area contributed by atoms with Crippen molar-refractivity contribution < 1.29 is 13.9 Å². The molecule has 4 nitrogen and oxygen atoms in total. The second-order valence-corrected chi connectivity index (χ2v) is 6.09. The number of halogens is 1. The summed E-state index contributed by atoms with van der Waals surface area (Å²) < 4.78 is 18.9. The molecule has 1 heterocycles. The average Bonchev–Trinajstić information content (AvgIpc) is 2.88. The minimum atomic E-state index is -0.512. The highest BCUT2D eigenvalue weighted by Crippen LogP contribution is 2.32. The van der Waals surface area contributed by atoms with Gasteiger partial charge in [0.25, 0.3) is 0 Å². The van der Waals surface area contributed by atoms with E-state index in [2.05, 4.69) is 10.3 Å². The number of amides is 1. The molecule has 6 heteroatoms. The van der Waals surface area contributed by atoms with Crippen LogP contribution in [0.15, 0.2) is 24.3 Å². The van der Waals surface area contributed by atoms with E-state index in [1.54, 1.807) is 25.1 Å². The fourth-order valence-corrected chi connectivity index (χ4v) is 3.16. The maximum Gasteiger partial charge on any atom is 0.249 e. The summed E-state index contributed by atoms with van der Waals surface area (Å²) in [5.41, 5.74) is 1.27. The van der Waals surface area contributed by atoms with Gasteiger partial charge in [-0.2, -0.15) is 0 Å². The van der Waals surface area contributed by atoms with Gasteiger partial charge in [-0.3, -0.25) is 4.79 Å². The number of benzene rings is 1. The molecule has 0 spiro atoms. The zero-order valence-electron chi connectivity index (χ0n) is 13.0. The van der Waals surface area contributed by atoms with Gasteiger partial charge >= 0.3 is 0 Å². The number of methoxy groups -OCH3 is 1. The van der Waals surface area contributed by atoms with E-state index in [1.807, 2.05) is 13.8 Å². The molecule has 0 unspecified atom stereocenters. The molecule has 2 atom stereocenters. The first-order chi connectivity index (χ1) is 10.4. The number of nitrogens with one attached hydrogen (secondary N) is 1. The Morgan fingerprint density at radius 3 is 2.68 bits per heavy atom. The molecule has 22 heavy (non-hydrogen) atoms. The molecule has 0 bridgehead atoms. The van der Waals surface area contributed by atoms with Crippen molar-refractivity contribution in [3.63, 3.8) is 0 Å². The van der Waals surface area contributed by atoms with E-state index in [9.17, 15) is 9.18 Å². The van der Waals surface area contributed by atoms with Crippen molar-refractivity contribution in [2.45, 2.75) is 32.9 Å². The number of hydrogen-bond acceptors (Lipinski definition) is 4. The van der Waals surface area contributed by atoms with Gasteiger partial charge in [0.15, 0.2) is 0 Å². The van der Waals surface area contributed by atoms with Gasteiger partial charge in [0.1, 0.15) is 16.9 Å². The van der Waals surface area contributed by atoms with Crippen LogP contribution in [0.4, 0.5) is 4.39 Å². The number of aryl methyl sites for hydroxylation is 1. The number of hydrogen-bond donors (Lipinski definition) is 1. The number of ether oxygens (including phenoxy) is 1. The van der Waals surface area contributed by atoms with E-state index in [0.29, 0.717) is 10.6 Å². The molecule has 1 N–H and O–H groups in total. The quantitative estimate of drug-likeness (QED) is 0.917. The Morgan fingerprint density at radius 2 is 2.05 bits per heavy atom. The zero-order valence-corrected chi connectivity index (χ0v) is 13.8. The molecule has 0 aliphatic rings. The third-order valence-electron chi connectivity index (χ3n) is 3.41. The summed E-state index contributed by atoms with van der Waals surface area (Å²) in [4.78, 5) is 17.2. The Balaban J connectivity index is 2.23. The summed E-state index contributed by atoms with van der Waals surface area (Å²) in [6.07, 6.45) is -0.512. The SMILES string of the molecule is CO[C@H](C)C(=O)N[C@H](C)c1sc(-c2ccccc2F)nc1C. The van der Waals surface area contributed by atoms with Crippen LogP contribution >= 0.6 is 11.3 Å². The van der Waals surface area contributed by atoms with Crippen molar-refractivity contribution in [1.82, 2.24) is 10.3 Å². The highest BCUT2D eigenvalue weighted by atomic mass is 32.1. The van der Waals surface area contributed by atoms with Gasteiger partial charge in [-0.25, -0.2) is 9.37 Å². The molecule has 0 saturated carbocycles. The Hall–Kier alpha value is -1.79. The summed E-state index contributed by atoms with van der Waals surface area (Å²) in [6.45, 7) is 5.43. The van der Waals surface area contributed by atoms with E-state index in [1.165, 1.54) is 24.5 Å². The number of rotatable bonds is 5. The van der Waals surface area contributed by atoms with E-state index in [0.717, 1.165) is 10.6 Å². The van der Waals surface area contributed by atoms with Crippen LogP contribution in [0.5, 0.6) is 0 Å². The Morgan fingerprint density at radius 1 is 1.36 bits per heavy atom. The zero-order chi connectivity index (χ0) is 16.3. The van der Waals surface area contributed by atoms with E-state index in [4.69, 9.17) is 4.74 Å². The normalized spacial score (nSPS) is 13.7. The van der Waals surface area contributed by atoms with Crippen molar-refractivity contribution in [1.29, 1.82) is 0 Å². The number of carbonyl (C=O) groups is 1. The third-order valence-corrected chi connectivity index (χ3v) is 4.78. The molecule has 1 aromatic carbocycles. The predicted octanol–water partition coefficient (Wildman–Crippen LogP) is 3.47. The first-order valence-corrected chi connectivity index (χ1v) is 7.81. The molecular weight excluding hydrogens is 303 g/mol. The Bertz CT molecular complexity index is 672. The van der Waals surface area contributed by atoms with Gasteiger partial charge in [-0.15, -0.1) is 11.3 Å². The number of carbonyl (C=O) groups excluding carboxylic acids is 1. The van der Waals surface area contributed by atoms with E-state index < -0.39 is 6.10 Å². The lowest BCUT2D eigenvalue weighted by Crippen LogP contribution is -2.35. The predicted molar refractivity (Wildman–Crippen MR) is 85.3 cm³/mol. The highest BCUT2D eigenvalue weighted by molar-refractivity contribution is 7.15. The van der Waals surface area contributed by atoms with Gasteiger partial charge in [0.05, 0.1) is 16.6 Å². The van der Waals surface area contributed by atoms with Gasteiger partial charge in [0.2, 0.25) is 5.91 Å². The molecule has 0 saturated heterocycles. The number of nitrogens with zero attached hydrogens (tertiary/aromatic N) is 1. The van der Waals surface area contributed by atoms with Crippen LogP contribution in [0.3, 0.4) is 0 Å². The molecular formula is C16H19FN2O2S. The lowest BCUT2D eigenvalue weighted by atomic mass is 10.2. The largest absolute Gasteiger partial charge is 0.372 e. The van der Waals surface area contributed by atoms with Crippen LogP contribution in [-0.4, -0.2) is 24.1 Å². The lowest BCUT2D eigenvalue weighted by molar-refractivity contribution is -0.130. The second-order valence-electron chi connectivity index (χ2n) is 5.06. The topological polar surface area (TPSA) is 51.2 Å². The van der Waals surface area contributed by atoms with Gasteiger partial charge < -0.3 is 10.1 Å². The Labute approximate surface area is 133 Å². The number of aromatic nitrogens is 1. The summed E-state index contributed by atoms with van der Waals surface area (Å²) in [5, 5.41) is 3.50. The monoisotopic (exact) mass is 322 g/mol. The molecule has 2 rings (SSSR count). The third kappa shape index (κ3) is 3.51. The summed E-state index contributed by atoms with van der Waals surface area (Å²) in [6, 6.07) is 6.34. The standard InChI is InChI=1S/C16H19FN2O2S/c1-9(18-15(20)11(3)21-4)14-10(2)19-16(22-14)12-7-5-6-8-13(12)17/h5-9,11H,1-4H3,(H,18,20)/t9-,11-/m1/s1. The summed E-state index contributed by atoms with van der Waals surface area (Å²) >= 11 is 1.39. The molecule has 1 amide bonds. The summed E-state index contributed by atoms with van der Waals surface area (Å²) in [7, 11) is 1.49. The molecule has 2 aromatic rings. The van der Waals surface area contributed by atoms with Gasteiger partial charge in [-0.05, 0) is 32.9 Å². The van der Waals surface area contributed by atoms with Crippen molar-refractivity contribution >= 4 is 17.2 Å². The fraction of sp³-hybridized carbons (Fsp3) is 0.375. The Kier molecular flexibility index (Phi) is 5.26. The van der Waals surface area contributed by atoms with Crippen LogP contribution in [0, 0.1) is 12.7 Å². The smallest absolute Gasteiger partial charge is 0.249 e. The van der Waals surface area contributed by atoms with Crippen LogP contribution in [-0.2, 0) is 9.53 Å². The van der Waals surface area contributed by atoms with Crippen molar-refractivity contribution in [2.24, 2.45) is 0 Å². The van der Waals surface area contributed by atoms with Crippen LogP contribution < -0.4 is 5.32 Å². The fourth-order valence-electron chi connectivity index (χ4n) is 2.06. The van der Waals surface area contributed by atoms with Crippen LogP contribution in [0.25, 0.3) is 10.6 Å². The molecule has 118 valence electrons. The van der Waals surface area contributed by atoms with E-state index in [-0.39, 0.29) is 17.8 Å². The van der Waals surface area contributed by atoms with Crippen molar-refractivity contribution in [3.05, 3.63) is 40.7 Å². The van der Waals surface area contributed by atoms with Gasteiger partial charge in [0, 0.05) is 12.7 Å². The minimum absolute atomic E-state index is 0.185. The van der Waals surface area contributed by atoms with Gasteiger partial charge in [-0.1, -0.05) is 12.1 Å². The number of thiazole rings is 1. The summed E-state index contributed by atoms with van der Waals surface area (Å²) in [5.74, 6) is -0.484. The first kappa shape index (κ1) is 16.6. The molecule has 0 fully saturated rings. The van der Waals surface area contributed by atoms with Crippen molar-refractivity contribution in [3.8, 4) is 10.6 Å². The maximum atomic E-state index is 13.9. The lowest BCUT2D eigenvalue weighted by Gasteiger charge is -2.16. The maximum absolute atomic E-state index is 13.9. The molecule has 0 aliphatic heterocycles. The minimum Gasteiger partial charge on any atom is -0.372 e. The highest BCUT2D eigenvalue weighted by Gasteiger charge is 2.20. The average molecular weight is 322 g/mol. The molecule has 0 aliphatic carbocycles. The van der Waals surface area contributed by atoms with Crippen LogP contribution in [0.1, 0.15) is 30.5 Å².